The van der Waals surface area contributed by atoms with Gasteiger partial charge in [0, 0.05) is 11.9 Å². The number of ether oxygens (including phenoxy) is 1. The average molecular weight is 394 g/mol. The van der Waals surface area contributed by atoms with Gasteiger partial charge in [-0.15, -0.1) is 13.2 Å². The van der Waals surface area contributed by atoms with Gasteiger partial charge in [0.15, 0.2) is 9.84 Å². The van der Waals surface area contributed by atoms with E-state index in [0.717, 1.165) is 24.5 Å². The highest BCUT2D eigenvalue weighted by Gasteiger charge is 2.31. The van der Waals surface area contributed by atoms with Gasteiger partial charge in [-0.25, -0.2) is 8.42 Å². The molecule has 1 amide bonds. The van der Waals surface area contributed by atoms with Crippen LogP contribution in [0.1, 0.15) is 10.4 Å². The number of amides is 1. The quantitative estimate of drug-likeness (QED) is 0.855. The second-order valence-electron chi connectivity index (χ2n) is 4.94. The lowest BCUT2D eigenvalue weighted by molar-refractivity contribution is -0.274. The van der Waals surface area contributed by atoms with Gasteiger partial charge in [0.2, 0.25) is 0 Å². The number of alkyl halides is 3. The molecular formula is C15H11ClF3NO4S. The fourth-order valence-corrected chi connectivity index (χ4v) is 2.70. The molecule has 2 aromatic carbocycles. The van der Waals surface area contributed by atoms with E-state index in [-0.39, 0.29) is 21.2 Å². The SMILES string of the molecule is CS(=O)(=O)c1ccc(Cl)c(C(=O)Nc2ccc(OC(F)(F)F)cc2)c1. The first-order valence-corrected chi connectivity index (χ1v) is 8.89. The van der Waals surface area contributed by atoms with Crippen LogP contribution in [0.15, 0.2) is 47.4 Å². The Morgan fingerprint density at radius 1 is 1.12 bits per heavy atom. The summed E-state index contributed by atoms with van der Waals surface area (Å²) in [6.45, 7) is 0. The highest BCUT2D eigenvalue weighted by atomic mass is 35.5. The molecule has 25 heavy (non-hydrogen) atoms. The largest absolute Gasteiger partial charge is 0.573 e. The van der Waals surface area contributed by atoms with E-state index in [4.69, 9.17) is 11.6 Å². The summed E-state index contributed by atoms with van der Waals surface area (Å²) >= 11 is 5.90. The van der Waals surface area contributed by atoms with Gasteiger partial charge in [0.1, 0.15) is 5.75 Å². The van der Waals surface area contributed by atoms with Crippen molar-refractivity contribution >= 4 is 33.0 Å². The number of halogens is 4. The van der Waals surface area contributed by atoms with Crippen LogP contribution in [-0.2, 0) is 9.84 Å². The molecule has 0 saturated carbocycles. The molecular weight excluding hydrogens is 383 g/mol. The number of hydrogen-bond acceptors (Lipinski definition) is 4. The van der Waals surface area contributed by atoms with Gasteiger partial charge in [-0.05, 0) is 42.5 Å². The maximum absolute atomic E-state index is 12.2. The minimum Gasteiger partial charge on any atom is -0.406 e. The number of sulfone groups is 1. The molecule has 0 fully saturated rings. The summed E-state index contributed by atoms with van der Waals surface area (Å²) in [6, 6.07) is 8.11. The molecule has 0 atom stereocenters. The molecule has 0 unspecified atom stereocenters. The van der Waals surface area contributed by atoms with Crippen molar-refractivity contribution in [1.82, 2.24) is 0 Å². The molecule has 1 N–H and O–H groups in total. The average Bonchev–Trinajstić information content (AvgIpc) is 2.47. The molecule has 0 aliphatic carbocycles. The third-order valence-electron chi connectivity index (χ3n) is 2.96. The number of anilines is 1. The third-order valence-corrected chi connectivity index (χ3v) is 4.40. The van der Waals surface area contributed by atoms with Crippen LogP contribution < -0.4 is 10.1 Å². The van der Waals surface area contributed by atoms with Crippen molar-refractivity contribution in [2.45, 2.75) is 11.3 Å². The molecule has 2 rings (SSSR count). The van der Waals surface area contributed by atoms with Crippen LogP contribution in [0.5, 0.6) is 5.75 Å². The maximum Gasteiger partial charge on any atom is 0.573 e. The van der Waals surface area contributed by atoms with Crippen LogP contribution in [0.3, 0.4) is 0 Å². The zero-order valence-corrected chi connectivity index (χ0v) is 14.2. The van der Waals surface area contributed by atoms with E-state index in [9.17, 15) is 26.4 Å². The van der Waals surface area contributed by atoms with Crippen LogP contribution >= 0.6 is 11.6 Å². The normalized spacial score (nSPS) is 11.9. The van der Waals surface area contributed by atoms with Crippen molar-refractivity contribution in [3.63, 3.8) is 0 Å². The summed E-state index contributed by atoms with van der Waals surface area (Å²) in [5.74, 6) is -1.15. The molecule has 134 valence electrons. The molecule has 0 saturated heterocycles. The second kappa shape index (κ2) is 6.93. The van der Waals surface area contributed by atoms with Crippen molar-refractivity contribution < 1.29 is 31.1 Å². The van der Waals surface area contributed by atoms with Crippen molar-refractivity contribution in [3.8, 4) is 5.75 Å². The Balaban J connectivity index is 2.20. The van der Waals surface area contributed by atoms with Gasteiger partial charge in [0.05, 0.1) is 15.5 Å². The first-order chi connectivity index (χ1) is 11.5. The number of carbonyl (C=O) groups is 1. The monoisotopic (exact) mass is 393 g/mol. The number of rotatable bonds is 4. The topological polar surface area (TPSA) is 72.5 Å². The summed E-state index contributed by atoms with van der Waals surface area (Å²) < 4.78 is 63.1. The van der Waals surface area contributed by atoms with E-state index in [0.29, 0.717) is 0 Å². The van der Waals surface area contributed by atoms with Crippen molar-refractivity contribution in [2.75, 3.05) is 11.6 Å². The van der Waals surface area contributed by atoms with E-state index in [2.05, 4.69) is 10.1 Å². The van der Waals surface area contributed by atoms with E-state index < -0.39 is 27.9 Å². The van der Waals surface area contributed by atoms with Crippen LogP contribution in [0.25, 0.3) is 0 Å². The Kier molecular flexibility index (Phi) is 5.28. The number of nitrogens with one attached hydrogen (secondary N) is 1. The molecule has 0 heterocycles. The first-order valence-electron chi connectivity index (χ1n) is 6.62. The van der Waals surface area contributed by atoms with Gasteiger partial charge in [0.25, 0.3) is 5.91 Å². The lowest BCUT2D eigenvalue weighted by Gasteiger charge is -2.11. The predicted octanol–water partition coefficient (Wildman–Crippen LogP) is 3.89. The highest BCUT2D eigenvalue weighted by Crippen LogP contribution is 2.25. The number of hydrogen-bond donors (Lipinski definition) is 1. The zero-order chi connectivity index (χ0) is 18.8. The van der Waals surface area contributed by atoms with Crippen molar-refractivity contribution in [1.29, 1.82) is 0 Å². The van der Waals surface area contributed by atoms with Crippen LogP contribution in [0.4, 0.5) is 18.9 Å². The Morgan fingerprint density at radius 2 is 1.72 bits per heavy atom. The van der Waals surface area contributed by atoms with Crippen molar-refractivity contribution in [2.24, 2.45) is 0 Å². The smallest absolute Gasteiger partial charge is 0.406 e. The maximum atomic E-state index is 12.2. The van der Waals surface area contributed by atoms with Gasteiger partial charge in [-0.1, -0.05) is 11.6 Å². The molecule has 0 aliphatic heterocycles. The van der Waals surface area contributed by atoms with E-state index >= 15 is 0 Å². The van der Waals surface area contributed by atoms with Gasteiger partial charge >= 0.3 is 6.36 Å². The van der Waals surface area contributed by atoms with Gasteiger partial charge in [-0.3, -0.25) is 4.79 Å². The Bertz CT molecular complexity index is 896. The molecule has 0 spiro atoms. The summed E-state index contributed by atoms with van der Waals surface area (Å²) in [5, 5.41) is 2.44. The zero-order valence-electron chi connectivity index (χ0n) is 12.6. The second-order valence-corrected chi connectivity index (χ2v) is 7.36. The van der Waals surface area contributed by atoms with Gasteiger partial charge in [-0.2, -0.15) is 0 Å². The molecule has 0 aromatic heterocycles. The predicted molar refractivity (Wildman–Crippen MR) is 85.6 cm³/mol. The fourth-order valence-electron chi connectivity index (χ4n) is 1.85. The lowest BCUT2D eigenvalue weighted by Crippen LogP contribution is -2.17. The third kappa shape index (κ3) is 5.36. The molecule has 0 radical (unpaired) electrons. The van der Waals surface area contributed by atoms with E-state index in [1.165, 1.54) is 24.3 Å². The fraction of sp³-hybridized carbons (Fsp3) is 0.133. The van der Waals surface area contributed by atoms with Crippen LogP contribution in [0.2, 0.25) is 5.02 Å². The standard InChI is InChI=1S/C15H11ClF3NO4S/c1-25(22,23)11-6-7-13(16)12(8-11)14(21)20-9-2-4-10(5-3-9)24-15(17,18)19/h2-8H,1H3,(H,20,21). The number of benzene rings is 2. The summed E-state index contributed by atoms with van der Waals surface area (Å²) in [7, 11) is -3.53. The van der Waals surface area contributed by atoms with Crippen LogP contribution in [-0.4, -0.2) is 26.9 Å². The number of carbonyl (C=O) groups excluding carboxylic acids is 1. The molecule has 0 aliphatic rings. The molecule has 5 nitrogen and oxygen atoms in total. The summed E-state index contributed by atoms with van der Waals surface area (Å²) in [6.07, 6.45) is -3.83. The molecule has 0 bridgehead atoms. The van der Waals surface area contributed by atoms with E-state index in [1.807, 2.05) is 0 Å². The summed E-state index contributed by atoms with van der Waals surface area (Å²) in [4.78, 5) is 12.1. The Labute approximate surface area is 146 Å². The minimum atomic E-state index is -4.82. The minimum absolute atomic E-state index is 0.0296. The molecule has 2 aromatic rings. The Morgan fingerprint density at radius 3 is 2.24 bits per heavy atom. The summed E-state index contributed by atoms with van der Waals surface area (Å²) in [5.41, 5.74) is 0.0977. The van der Waals surface area contributed by atoms with E-state index in [1.54, 1.807) is 0 Å². The van der Waals surface area contributed by atoms with Crippen LogP contribution in [0, 0.1) is 0 Å². The van der Waals surface area contributed by atoms with Crippen molar-refractivity contribution in [3.05, 3.63) is 53.1 Å². The van der Waals surface area contributed by atoms with Gasteiger partial charge < -0.3 is 10.1 Å². The highest BCUT2D eigenvalue weighted by molar-refractivity contribution is 7.90. The first kappa shape index (κ1) is 19.1. The lowest BCUT2D eigenvalue weighted by atomic mass is 10.2. The molecule has 10 heteroatoms. The Hall–Kier alpha value is -2.26.